The highest BCUT2D eigenvalue weighted by molar-refractivity contribution is 5.77. The van der Waals surface area contributed by atoms with Gasteiger partial charge in [0.05, 0.1) is 20.0 Å². The maximum Gasteiger partial charge on any atom is 0.307 e. The zero-order valence-electron chi connectivity index (χ0n) is 13.0. The van der Waals surface area contributed by atoms with Crippen LogP contribution in [-0.2, 0) is 27.3 Å². The molecule has 0 aliphatic rings. The number of hydrogen-bond donors (Lipinski definition) is 1. The van der Waals surface area contributed by atoms with Crippen molar-refractivity contribution >= 4 is 11.9 Å². The molecule has 0 saturated heterocycles. The van der Waals surface area contributed by atoms with E-state index in [0.717, 1.165) is 11.1 Å². The number of hydroxylamine groups is 2. The van der Waals surface area contributed by atoms with Gasteiger partial charge in [0.25, 0.3) is 0 Å². The van der Waals surface area contributed by atoms with Gasteiger partial charge >= 0.3 is 5.97 Å². The predicted molar refractivity (Wildman–Crippen MR) is 83.3 cm³/mol. The molecule has 0 spiro atoms. The Morgan fingerprint density at radius 2 is 1.43 bits per heavy atom. The molecule has 2 aromatic heterocycles. The van der Waals surface area contributed by atoms with Crippen molar-refractivity contribution in [3.63, 3.8) is 0 Å². The summed E-state index contributed by atoms with van der Waals surface area (Å²) in [7, 11) is 3.05. The first-order valence-electron chi connectivity index (χ1n) is 6.83. The van der Waals surface area contributed by atoms with Crippen LogP contribution in [0.5, 0.6) is 0 Å². The Bertz CT molecular complexity index is 605. The number of aromatic nitrogens is 2. The van der Waals surface area contributed by atoms with E-state index in [2.05, 4.69) is 9.97 Å². The van der Waals surface area contributed by atoms with Crippen LogP contribution in [0.1, 0.15) is 11.1 Å². The van der Waals surface area contributed by atoms with E-state index in [4.69, 9.17) is 9.94 Å². The Hall–Kier alpha value is -2.80. The summed E-state index contributed by atoms with van der Waals surface area (Å²) in [6, 6.07) is 6.99. The number of carboxylic acid groups (broad SMARTS) is 1. The molecule has 0 aliphatic carbocycles. The van der Waals surface area contributed by atoms with Crippen LogP contribution < -0.4 is 0 Å². The first kappa shape index (κ1) is 18.2. The van der Waals surface area contributed by atoms with Crippen LogP contribution in [0.4, 0.5) is 0 Å². The van der Waals surface area contributed by atoms with Gasteiger partial charge in [-0.15, -0.1) is 0 Å². The SMILES string of the molecule is CON(C)C(=O)Cc1ccncc1.O=C(O)Cc1ccncc1. The highest BCUT2D eigenvalue weighted by Crippen LogP contribution is 2.00. The van der Waals surface area contributed by atoms with E-state index in [9.17, 15) is 9.59 Å². The van der Waals surface area contributed by atoms with Crippen LogP contribution in [0.3, 0.4) is 0 Å². The van der Waals surface area contributed by atoms with E-state index in [-0.39, 0.29) is 12.3 Å². The number of carbonyl (C=O) groups excluding carboxylic acids is 1. The maximum atomic E-state index is 11.3. The molecular formula is C16H19N3O4. The van der Waals surface area contributed by atoms with Crippen molar-refractivity contribution in [3.8, 4) is 0 Å². The molecule has 0 aliphatic heterocycles. The molecule has 0 fully saturated rings. The molecule has 7 heteroatoms. The molecule has 0 unspecified atom stereocenters. The minimum atomic E-state index is -0.814. The number of pyridine rings is 2. The summed E-state index contributed by atoms with van der Waals surface area (Å²) in [5.74, 6) is -0.889. The molecule has 0 atom stereocenters. The van der Waals surface area contributed by atoms with E-state index in [0.29, 0.717) is 6.42 Å². The second-order valence-electron chi connectivity index (χ2n) is 4.53. The average Bonchev–Trinajstić information content (AvgIpc) is 2.56. The second-order valence-corrected chi connectivity index (χ2v) is 4.53. The molecule has 122 valence electrons. The topological polar surface area (TPSA) is 92.6 Å². The van der Waals surface area contributed by atoms with E-state index < -0.39 is 5.97 Å². The Kier molecular flexibility index (Phi) is 7.95. The molecule has 0 bridgehead atoms. The normalized spacial score (nSPS) is 9.48. The third-order valence-electron chi connectivity index (χ3n) is 2.83. The van der Waals surface area contributed by atoms with Crippen molar-refractivity contribution in [3.05, 3.63) is 60.2 Å². The minimum absolute atomic E-state index is 0.0719. The quantitative estimate of drug-likeness (QED) is 0.837. The van der Waals surface area contributed by atoms with Crippen LogP contribution in [0.2, 0.25) is 0 Å². The van der Waals surface area contributed by atoms with Crippen molar-refractivity contribution < 1.29 is 19.5 Å². The summed E-state index contributed by atoms with van der Waals surface area (Å²) in [4.78, 5) is 33.8. The van der Waals surface area contributed by atoms with Crippen molar-refractivity contribution in [2.75, 3.05) is 14.2 Å². The van der Waals surface area contributed by atoms with Gasteiger partial charge in [-0.2, -0.15) is 0 Å². The van der Waals surface area contributed by atoms with Crippen molar-refractivity contribution in [2.45, 2.75) is 12.8 Å². The number of carbonyl (C=O) groups is 2. The smallest absolute Gasteiger partial charge is 0.307 e. The van der Waals surface area contributed by atoms with E-state index in [1.165, 1.54) is 12.2 Å². The van der Waals surface area contributed by atoms with Crippen molar-refractivity contribution in [1.82, 2.24) is 15.0 Å². The van der Waals surface area contributed by atoms with Gasteiger partial charge in [-0.25, -0.2) is 5.06 Å². The third kappa shape index (κ3) is 7.68. The van der Waals surface area contributed by atoms with Crippen LogP contribution >= 0.6 is 0 Å². The lowest BCUT2D eigenvalue weighted by atomic mass is 10.2. The molecule has 2 aromatic rings. The van der Waals surface area contributed by atoms with Crippen LogP contribution in [0.25, 0.3) is 0 Å². The highest BCUT2D eigenvalue weighted by Gasteiger charge is 2.07. The Labute approximate surface area is 134 Å². The average molecular weight is 317 g/mol. The third-order valence-corrected chi connectivity index (χ3v) is 2.83. The van der Waals surface area contributed by atoms with Crippen molar-refractivity contribution in [1.29, 1.82) is 0 Å². The van der Waals surface area contributed by atoms with Crippen LogP contribution in [0.15, 0.2) is 49.1 Å². The molecule has 7 nitrogen and oxygen atoms in total. The van der Waals surface area contributed by atoms with Crippen LogP contribution in [0, 0.1) is 0 Å². The molecule has 0 saturated carbocycles. The molecule has 2 heterocycles. The zero-order chi connectivity index (χ0) is 17.1. The summed E-state index contributed by atoms with van der Waals surface area (Å²) in [5.41, 5.74) is 1.71. The fraction of sp³-hybridized carbons (Fsp3) is 0.250. The molecule has 0 radical (unpaired) electrons. The van der Waals surface area contributed by atoms with Gasteiger partial charge in [-0.1, -0.05) is 0 Å². The first-order chi connectivity index (χ1) is 11.0. The Balaban J connectivity index is 0.000000238. The fourth-order valence-electron chi connectivity index (χ4n) is 1.56. The number of likely N-dealkylation sites (N-methyl/N-ethyl adjacent to an activating group) is 1. The largest absolute Gasteiger partial charge is 0.481 e. The van der Waals surface area contributed by atoms with E-state index in [1.807, 2.05) is 0 Å². The van der Waals surface area contributed by atoms with Gasteiger partial charge < -0.3 is 5.11 Å². The predicted octanol–water partition coefficient (Wildman–Crippen LogP) is 1.35. The zero-order valence-corrected chi connectivity index (χ0v) is 13.0. The lowest BCUT2D eigenvalue weighted by Crippen LogP contribution is -2.26. The van der Waals surface area contributed by atoms with Gasteiger partial charge in [-0.3, -0.25) is 24.4 Å². The summed E-state index contributed by atoms with van der Waals surface area (Å²) in [5, 5.41) is 9.56. The summed E-state index contributed by atoms with van der Waals surface area (Å²) >= 11 is 0. The lowest BCUT2D eigenvalue weighted by Gasteiger charge is -2.12. The molecule has 2 rings (SSSR count). The van der Waals surface area contributed by atoms with Gasteiger partial charge in [0.1, 0.15) is 0 Å². The molecule has 1 amide bonds. The van der Waals surface area contributed by atoms with Gasteiger partial charge in [0.15, 0.2) is 0 Å². The number of aliphatic carboxylic acids is 1. The summed E-state index contributed by atoms with van der Waals surface area (Å²) in [6.45, 7) is 0. The van der Waals surface area contributed by atoms with Crippen molar-refractivity contribution in [2.24, 2.45) is 0 Å². The van der Waals surface area contributed by atoms with Gasteiger partial charge in [-0.05, 0) is 35.4 Å². The number of rotatable bonds is 5. The fourth-order valence-corrected chi connectivity index (χ4v) is 1.56. The molecule has 23 heavy (non-hydrogen) atoms. The summed E-state index contributed by atoms with van der Waals surface area (Å²) in [6.07, 6.45) is 6.90. The summed E-state index contributed by atoms with van der Waals surface area (Å²) < 4.78 is 0. The van der Waals surface area contributed by atoms with Gasteiger partial charge in [0.2, 0.25) is 5.91 Å². The Morgan fingerprint density at radius 3 is 1.83 bits per heavy atom. The monoisotopic (exact) mass is 317 g/mol. The number of carboxylic acids is 1. The lowest BCUT2D eigenvalue weighted by molar-refractivity contribution is -0.167. The van der Waals surface area contributed by atoms with Crippen LogP contribution in [-0.4, -0.2) is 46.2 Å². The standard InChI is InChI=1S/C9H12N2O2.C7H7NO2/c1-11(13-2)9(12)7-8-3-5-10-6-4-8;9-7(10)5-6-1-3-8-4-2-6/h3-6H,7H2,1-2H3;1-4H,5H2,(H,9,10). The second kappa shape index (κ2) is 10.0. The first-order valence-corrected chi connectivity index (χ1v) is 6.83. The van der Waals surface area contributed by atoms with Gasteiger partial charge in [0, 0.05) is 31.8 Å². The van der Waals surface area contributed by atoms with E-state index >= 15 is 0 Å². The molecular weight excluding hydrogens is 298 g/mol. The molecule has 1 N–H and O–H groups in total. The number of nitrogens with zero attached hydrogens (tertiary/aromatic N) is 3. The molecule has 0 aromatic carbocycles. The highest BCUT2D eigenvalue weighted by atomic mass is 16.7. The minimum Gasteiger partial charge on any atom is -0.481 e. The van der Waals surface area contributed by atoms with E-state index in [1.54, 1.807) is 56.1 Å². The maximum absolute atomic E-state index is 11.3. The Morgan fingerprint density at radius 1 is 1.00 bits per heavy atom. The number of amides is 1. The number of hydrogen-bond acceptors (Lipinski definition) is 5.